The van der Waals surface area contributed by atoms with E-state index in [0.29, 0.717) is 0 Å². The summed E-state index contributed by atoms with van der Waals surface area (Å²) in [6, 6.07) is -0.441. The zero-order valence-corrected chi connectivity index (χ0v) is 10.8. The number of aryl methyl sites for hydroxylation is 1. The Morgan fingerprint density at radius 1 is 1.35 bits per heavy atom. The summed E-state index contributed by atoms with van der Waals surface area (Å²) in [4.78, 5) is 36.7. The Morgan fingerprint density at radius 3 is 2.60 bits per heavy atom. The zero-order chi connectivity index (χ0) is 15.1. The molecule has 0 aliphatic carbocycles. The van der Waals surface area contributed by atoms with Crippen molar-refractivity contribution in [2.24, 2.45) is 0 Å². The van der Waals surface area contributed by atoms with Gasteiger partial charge in [0.05, 0.1) is 6.42 Å². The largest absolute Gasteiger partial charge is 0.481 e. The molecule has 108 valence electrons. The van der Waals surface area contributed by atoms with Crippen molar-refractivity contribution in [3.05, 3.63) is 29.6 Å². The molecule has 1 aromatic rings. The Balaban J connectivity index is 2.52. The molecule has 0 saturated heterocycles. The van der Waals surface area contributed by atoms with E-state index < -0.39 is 30.4 Å². The number of carboxylic acids is 2. The first kappa shape index (κ1) is 15.4. The van der Waals surface area contributed by atoms with Gasteiger partial charge in [-0.1, -0.05) is 0 Å². The van der Waals surface area contributed by atoms with E-state index >= 15 is 0 Å². The lowest BCUT2D eigenvalue weighted by atomic mass is 10.1. The SMILES string of the molecule is Cc1ccncc1CNC(=O)N[C@@H](CC(=O)O)C(=O)O. The highest BCUT2D eigenvalue weighted by atomic mass is 16.4. The Hall–Kier alpha value is -2.64. The lowest BCUT2D eigenvalue weighted by Crippen LogP contribution is -2.46. The first-order chi connectivity index (χ1) is 9.40. The van der Waals surface area contributed by atoms with Crippen LogP contribution in [0.25, 0.3) is 0 Å². The molecule has 2 amide bonds. The predicted molar refractivity (Wildman–Crippen MR) is 68.0 cm³/mol. The Kier molecular flexibility index (Phi) is 5.45. The molecule has 0 bridgehead atoms. The topological polar surface area (TPSA) is 129 Å². The first-order valence-corrected chi connectivity index (χ1v) is 5.78. The van der Waals surface area contributed by atoms with Crippen molar-refractivity contribution < 1.29 is 24.6 Å². The highest BCUT2D eigenvalue weighted by Gasteiger charge is 2.22. The van der Waals surface area contributed by atoms with Gasteiger partial charge < -0.3 is 20.8 Å². The van der Waals surface area contributed by atoms with Crippen molar-refractivity contribution in [3.63, 3.8) is 0 Å². The number of hydrogen-bond acceptors (Lipinski definition) is 4. The molecule has 0 saturated carbocycles. The molecular formula is C12H15N3O5. The molecule has 0 aliphatic heterocycles. The highest BCUT2D eigenvalue weighted by Crippen LogP contribution is 2.03. The van der Waals surface area contributed by atoms with E-state index in [9.17, 15) is 14.4 Å². The molecule has 1 rings (SSSR count). The van der Waals surface area contributed by atoms with Gasteiger partial charge in [-0.15, -0.1) is 0 Å². The van der Waals surface area contributed by atoms with Gasteiger partial charge in [-0.3, -0.25) is 9.78 Å². The monoisotopic (exact) mass is 281 g/mol. The summed E-state index contributed by atoms with van der Waals surface area (Å²) in [5.41, 5.74) is 1.72. The molecule has 0 fully saturated rings. The fourth-order valence-electron chi connectivity index (χ4n) is 1.44. The van der Waals surface area contributed by atoms with Gasteiger partial charge in [-0.05, 0) is 24.1 Å². The number of rotatable bonds is 6. The number of aromatic nitrogens is 1. The molecule has 1 aromatic heterocycles. The van der Waals surface area contributed by atoms with Crippen molar-refractivity contribution in [2.45, 2.75) is 25.9 Å². The van der Waals surface area contributed by atoms with Crippen LogP contribution in [0.15, 0.2) is 18.5 Å². The average Bonchev–Trinajstić information content (AvgIpc) is 2.36. The van der Waals surface area contributed by atoms with E-state index in [2.05, 4.69) is 15.6 Å². The van der Waals surface area contributed by atoms with Gasteiger partial charge in [0.15, 0.2) is 0 Å². The van der Waals surface area contributed by atoms with E-state index in [0.717, 1.165) is 11.1 Å². The van der Waals surface area contributed by atoms with Crippen LogP contribution in [0.5, 0.6) is 0 Å². The molecule has 0 aliphatic rings. The van der Waals surface area contributed by atoms with Gasteiger partial charge >= 0.3 is 18.0 Å². The fraction of sp³-hybridized carbons (Fsp3) is 0.333. The second-order valence-corrected chi connectivity index (χ2v) is 4.12. The number of nitrogens with one attached hydrogen (secondary N) is 2. The minimum absolute atomic E-state index is 0.172. The van der Waals surface area contributed by atoms with E-state index in [1.54, 1.807) is 18.5 Å². The Labute approximate surface area is 114 Å². The van der Waals surface area contributed by atoms with Gasteiger partial charge in [0.25, 0.3) is 0 Å². The Morgan fingerprint density at radius 2 is 2.05 bits per heavy atom. The number of hydrogen-bond donors (Lipinski definition) is 4. The van der Waals surface area contributed by atoms with Crippen molar-refractivity contribution in [1.29, 1.82) is 0 Å². The normalized spacial score (nSPS) is 11.4. The van der Waals surface area contributed by atoms with Gasteiger partial charge in [0.2, 0.25) is 0 Å². The molecule has 1 atom stereocenters. The van der Waals surface area contributed by atoms with Gasteiger partial charge in [0.1, 0.15) is 6.04 Å². The molecule has 4 N–H and O–H groups in total. The molecule has 0 spiro atoms. The molecule has 0 aromatic carbocycles. The summed E-state index contributed by atoms with van der Waals surface area (Å²) in [7, 11) is 0. The third kappa shape index (κ3) is 4.92. The van der Waals surface area contributed by atoms with Gasteiger partial charge in [-0.25, -0.2) is 9.59 Å². The molecule has 8 heteroatoms. The summed E-state index contributed by atoms with van der Waals surface area (Å²) in [5, 5.41) is 21.9. The van der Waals surface area contributed by atoms with Crippen LogP contribution in [-0.4, -0.2) is 39.2 Å². The molecule has 1 heterocycles. The summed E-state index contributed by atoms with van der Waals surface area (Å²) >= 11 is 0. The van der Waals surface area contributed by atoms with Crippen molar-refractivity contribution in [3.8, 4) is 0 Å². The average molecular weight is 281 g/mol. The maximum atomic E-state index is 11.5. The molecule has 0 unspecified atom stereocenters. The minimum atomic E-state index is -1.47. The smallest absolute Gasteiger partial charge is 0.326 e. The number of carboxylic acid groups (broad SMARTS) is 2. The van der Waals surface area contributed by atoms with E-state index in [1.165, 1.54) is 0 Å². The predicted octanol–water partition coefficient (Wildman–Crippen LogP) is 0.117. The summed E-state index contributed by atoms with van der Waals surface area (Å²) in [6.45, 7) is 2.02. The molecular weight excluding hydrogens is 266 g/mol. The fourth-order valence-corrected chi connectivity index (χ4v) is 1.44. The van der Waals surface area contributed by atoms with Crippen molar-refractivity contribution in [2.75, 3.05) is 0 Å². The van der Waals surface area contributed by atoms with E-state index in [-0.39, 0.29) is 6.54 Å². The summed E-state index contributed by atoms with van der Waals surface area (Å²) in [5.74, 6) is -2.71. The summed E-state index contributed by atoms with van der Waals surface area (Å²) < 4.78 is 0. The quantitative estimate of drug-likeness (QED) is 0.586. The molecule has 20 heavy (non-hydrogen) atoms. The van der Waals surface area contributed by atoms with Gasteiger partial charge in [0, 0.05) is 18.9 Å². The number of urea groups is 1. The standard InChI is InChI=1S/C12H15N3O5/c1-7-2-3-13-5-8(7)6-14-12(20)15-9(11(18)19)4-10(16)17/h2-3,5,9H,4,6H2,1H3,(H,16,17)(H,18,19)(H2,14,15,20)/t9-/m0/s1. The second kappa shape index (κ2) is 7.07. The number of pyridine rings is 1. The first-order valence-electron chi connectivity index (χ1n) is 5.78. The number of carbonyl (C=O) groups is 3. The van der Waals surface area contributed by atoms with Crippen LogP contribution < -0.4 is 10.6 Å². The van der Waals surface area contributed by atoms with Crippen LogP contribution in [-0.2, 0) is 16.1 Å². The lowest BCUT2D eigenvalue weighted by Gasteiger charge is -2.13. The Bertz CT molecular complexity index is 518. The van der Waals surface area contributed by atoms with Crippen molar-refractivity contribution in [1.82, 2.24) is 15.6 Å². The third-order valence-electron chi connectivity index (χ3n) is 2.57. The van der Waals surface area contributed by atoms with Crippen LogP contribution in [0.4, 0.5) is 4.79 Å². The van der Waals surface area contributed by atoms with Crippen LogP contribution in [0.3, 0.4) is 0 Å². The highest BCUT2D eigenvalue weighted by molar-refractivity contribution is 5.86. The number of aliphatic carboxylic acids is 2. The minimum Gasteiger partial charge on any atom is -0.481 e. The maximum Gasteiger partial charge on any atom is 0.326 e. The van der Waals surface area contributed by atoms with Crippen LogP contribution in [0.2, 0.25) is 0 Å². The van der Waals surface area contributed by atoms with Crippen molar-refractivity contribution >= 4 is 18.0 Å². The lowest BCUT2D eigenvalue weighted by molar-refractivity contribution is -0.145. The number of nitrogens with zero attached hydrogens (tertiary/aromatic N) is 1. The third-order valence-corrected chi connectivity index (χ3v) is 2.57. The van der Waals surface area contributed by atoms with Crippen LogP contribution in [0.1, 0.15) is 17.5 Å². The zero-order valence-electron chi connectivity index (χ0n) is 10.8. The maximum absolute atomic E-state index is 11.5. The number of amides is 2. The van der Waals surface area contributed by atoms with Gasteiger partial charge in [-0.2, -0.15) is 0 Å². The second-order valence-electron chi connectivity index (χ2n) is 4.12. The molecule has 8 nitrogen and oxygen atoms in total. The van der Waals surface area contributed by atoms with Crippen LogP contribution >= 0.6 is 0 Å². The van der Waals surface area contributed by atoms with Crippen LogP contribution in [0, 0.1) is 6.92 Å². The van der Waals surface area contributed by atoms with E-state index in [4.69, 9.17) is 10.2 Å². The van der Waals surface area contributed by atoms with E-state index in [1.807, 2.05) is 6.92 Å². The number of carbonyl (C=O) groups excluding carboxylic acids is 1. The molecule has 0 radical (unpaired) electrons. The summed E-state index contributed by atoms with van der Waals surface area (Å²) in [6.07, 6.45) is 2.52.